The van der Waals surface area contributed by atoms with Gasteiger partial charge in [-0.3, -0.25) is 19.7 Å². The minimum atomic E-state index is -3.48. The molecule has 3 aliphatic heterocycles. The highest BCUT2D eigenvalue weighted by atomic mass is 19.2. The van der Waals surface area contributed by atoms with Crippen LogP contribution in [0.3, 0.4) is 0 Å². The minimum Gasteiger partial charge on any atom is -0.366 e. The number of piperazine rings is 1. The van der Waals surface area contributed by atoms with Crippen LogP contribution in [0.1, 0.15) is 39.7 Å². The normalized spacial score (nSPS) is 35.6. The Bertz CT molecular complexity index is 1110. The van der Waals surface area contributed by atoms with E-state index in [9.17, 15) is 18.8 Å². The number of piperidine rings is 1. The molecule has 0 spiro atoms. The van der Waals surface area contributed by atoms with Gasteiger partial charge < -0.3 is 15.1 Å². The number of fused-ring (bicyclic) bond motifs is 1. The number of hydrogen-bond donors (Lipinski definition) is 2. The molecule has 2 fully saturated rings. The number of benzene rings is 1. The molecule has 0 aromatic heterocycles. The number of nitrogens with one attached hydrogen (secondary N) is 2. The molecule has 0 saturated carbocycles. The lowest BCUT2D eigenvalue weighted by Gasteiger charge is -2.32. The molecule has 1 unspecified atom stereocenters. The van der Waals surface area contributed by atoms with Crippen LogP contribution >= 0.6 is 0 Å². The highest BCUT2D eigenvalue weighted by Gasteiger charge is 2.41. The van der Waals surface area contributed by atoms with Crippen molar-refractivity contribution in [2.45, 2.75) is 25.4 Å². The first-order chi connectivity index (χ1) is 15.4. The topological polar surface area (TPSA) is 81.8 Å². The van der Waals surface area contributed by atoms with E-state index in [0.717, 1.165) is 4.90 Å². The Kier molecular flexibility index (Phi) is 2.42. The molecule has 0 radical (unpaired) electrons. The smallest absolute Gasteiger partial charge is 0.255 e. The molecule has 3 aliphatic rings. The van der Waals surface area contributed by atoms with Gasteiger partial charge in [0.2, 0.25) is 11.8 Å². The predicted molar refractivity (Wildman–Crippen MR) is 87.5 cm³/mol. The van der Waals surface area contributed by atoms with Crippen molar-refractivity contribution >= 4 is 23.4 Å². The fourth-order valence-electron chi connectivity index (χ4n) is 3.20. The Morgan fingerprint density at radius 2 is 1.92 bits per heavy atom. The maximum absolute atomic E-state index is 15.2. The van der Waals surface area contributed by atoms with Crippen molar-refractivity contribution in [3.63, 3.8) is 0 Å². The zero-order chi connectivity index (χ0) is 25.6. The van der Waals surface area contributed by atoms with Crippen molar-refractivity contribution in [1.29, 1.82) is 0 Å². The van der Waals surface area contributed by atoms with Gasteiger partial charge in [-0.15, -0.1) is 0 Å². The fourth-order valence-corrected chi connectivity index (χ4v) is 3.20. The van der Waals surface area contributed by atoms with E-state index >= 15 is 4.39 Å². The molecule has 138 valence electrons. The molecular weight excluding hydrogens is 346 g/mol. The Hall–Kier alpha value is -2.55. The molecule has 0 bridgehead atoms. The number of carbonyl (C=O) groups is 3. The molecule has 9 heteroatoms. The third-order valence-corrected chi connectivity index (χ3v) is 4.39. The van der Waals surface area contributed by atoms with Gasteiger partial charge in [-0.1, -0.05) is 0 Å². The van der Waals surface area contributed by atoms with Crippen molar-refractivity contribution in [3.05, 3.63) is 28.8 Å². The molecule has 4 rings (SSSR count). The maximum Gasteiger partial charge on any atom is 0.255 e. The molecule has 7 nitrogen and oxygen atoms in total. The molecule has 0 aliphatic carbocycles. The van der Waals surface area contributed by atoms with E-state index in [1.807, 2.05) is 5.32 Å². The molecule has 1 atom stereocenters. The van der Waals surface area contributed by atoms with E-state index in [-0.39, 0.29) is 17.7 Å². The van der Waals surface area contributed by atoms with Crippen LogP contribution in [0.2, 0.25) is 0 Å². The lowest BCUT2D eigenvalue weighted by molar-refractivity contribution is -0.136. The average Bonchev–Trinajstić information content (AvgIpc) is 2.99. The monoisotopic (exact) mass is 372 g/mol. The Labute approximate surface area is 159 Å². The standard InChI is InChI=1S/C17H18F2N4O3/c18-11-7-9-10(15(14(11)19)22-5-3-20-4-6-22)8-23(17(9)26)12-1-2-13(24)21-16(12)25/h7,12,20H,1-6,8H2,(H,21,24,25)/i3D2,4D2,5D2,6D2. The van der Waals surface area contributed by atoms with Crippen molar-refractivity contribution in [2.24, 2.45) is 0 Å². The lowest BCUT2D eigenvalue weighted by atomic mass is 10.0. The van der Waals surface area contributed by atoms with Crippen LogP contribution in [0.4, 0.5) is 14.5 Å². The number of imide groups is 1. The summed E-state index contributed by atoms with van der Waals surface area (Å²) in [5, 5.41) is 3.63. The van der Waals surface area contributed by atoms with E-state index in [1.165, 1.54) is 0 Å². The summed E-state index contributed by atoms with van der Waals surface area (Å²) < 4.78 is 94.2. The van der Waals surface area contributed by atoms with Gasteiger partial charge in [-0.2, -0.15) is 0 Å². The number of halogens is 2. The first-order valence-electron chi connectivity index (χ1n) is 11.7. The molecular formula is C17H18F2N4O3. The summed E-state index contributed by atoms with van der Waals surface area (Å²) in [6.45, 7) is -14.2. The van der Waals surface area contributed by atoms with E-state index in [1.54, 1.807) is 5.32 Å². The quantitative estimate of drug-likeness (QED) is 0.722. The third-order valence-electron chi connectivity index (χ3n) is 4.39. The van der Waals surface area contributed by atoms with Crippen LogP contribution in [-0.4, -0.2) is 54.7 Å². The summed E-state index contributed by atoms with van der Waals surface area (Å²) in [5.74, 6) is -5.88. The van der Waals surface area contributed by atoms with Gasteiger partial charge >= 0.3 is 0 Å². The molecule has 2 N–H and O–H groups in total. The lowest BCUT2D eigenvalue weighted by Crippen LogP contribution is -2.52. The second-order valence-electron chi connectivity index (χ2n) is 5.88. The zero-order valence-electron chi connectivity index (χ0n) is 21.2. The van der Waals surface area contributed by atoms with Crippen molar-refractivity contribution in [1.82, 2.24) is 15.5 Å². The van der Waals surface area contributed by atoms with Gasteiger partial charge in [0.15, 0.2) is 11.6 Å². The summed E-state index contributed by atoms with van der Waals surface area (Å²) in [6.07, 6.45) is -0.208. The highest BCUT2D eigenvalue weighted by Crippen LogP contribution is 2.37. The van der Waals surface area contributed by atoms with E-state index in [2.05, 4.69) is 0 Å². The number of nitrogens with zero attached hydrogens (tertiary/aromatic N) is 2. The van der Waals surface area contributed by atoms with Gasteiger partial charge in [0.25, 0.3) is 5.91 Å². The van der Waals surface area contributed by atoms with Crippen LogP contribution in [0.25, 0.3) is 0 Å². The molecule has 3 amide bonds. The van der Waals surface area contributed by atoms with E-state index in [0.29, 0.717) is 6.07 Å². The third kappa shape index (κ3) is 2.63. The van der Waals surface area contributed by atoms with Crippen LogP contribution in [0.5, 0.6) is 0 Å². The zero-order valence-corrected chi connectivity index (χ0v) is 13.2. The molecule has 26 heavy (non-hydrogen) atoms. The summed E-state index contributed by atoms with van der Waals surface area (Å²) in [7, 11) is 0. The molecule has 1 aromatic carbocycles. The number of anilines is 1. The first kappa shape index (κ1) is 9.96. The average molecular weight is 372 g/mol. The van der Waals surface area contributed by atoms with E-state index in [4.69, 9.17) is 11.0 Å². The second kappa shape index (κ2) is 6.31. The number of hydrogen-bond acceptors (Lipinski definition) is 5. The van der Waals surface area contributed by atoms with Gasteiger partial charge in [0.1, 0.15) is 6.04 Å². The van der Waals surface area contributed by atoms with Gasteiger partial charge in [-0.25, -0.2) is 8.78 Å². The molecule has 1 aromatic rings. The first-order valence-corrected chi connectivity index (χ1v) is 7.69. The fraction of sp³-hybridized carbons (Fsp3) is 0.471. The number of amides is 3. The summed E-state index contributed by atoms with van der Waals surface area (Å²) in [6, 6.07) is -0.704. The Morgan fingerprint density at radius 1 is 1.19 bits per heavy atom. The number of carbonyl (C=O) groups excluding carboxylic acids is 3. The maximum atomic E-state index is 15.2. The van der Waals surface area contributed by atoms with Crippen LogP contribution in [0, 0.1) is 11.6 Å². The van der Waals surface area contributed by atoms with Crippen LogP contribution in [-0.2, 0) is 16.1 Å². The van der Waals surface area contributed by atoms with E-state index < -0.39 is 84.7 Å². The van der Waals surface area contributed by atoms with Crippen molar-refractivity contribution in [2.75, 3.05) is 30.9 Å². The highest BCUT2D eigenvalue weighted by molar-refractivity contribution is 6.06. The van der Waals surface area contributed by atoms with Gasteiger partial charge in [0, 0.05) is 55.6 Å². The Morgan fingerprint density at radius 3 is 2.62 bits per heavy atom. The second-order valence-corrected chi connectivity index (χ2v) is 5.88. The van der Waals surface area contributed by atoms with Gasteiger partial charge in [-0.05, 0) is 12.5 Å². The van der Waals surface area contributed by atoms with Crippen LogP contribution < -0.4 is 15.5 Å². The Balaban J connectivity index is 1.91. The summed E-state index contributed by atoms with van der Waals surface area (Å²) in [5.41, 5.74) is -2.15. The van der Waals surface area contributed by atoms with Crippen molar-refractivity contribution < 1.29 is 34.1 Å². The van der Waals surface area contributed by atoms with Crippen molar-refractivity contribution in [3.8, 4) is 0 Å². The summed E-state index contributed by atoms with van der Waals surface area (Å²) >= 11 is 0. The summed E-state index contributed by atoms with van der Waals surface area (Å²) in [4.78, 5) is 37.4. The minimum absolute atomic E-state index is 0.0922. The SMILES string of the molecule is [2H]C1([2H])NC([2H])([2H])C([2H])([2H])N(c2c(F)c(F)cc3c2CN(C2CCC(=O)NC2=O)C3=O)C1([2H])[2H]. The molecule has 3 heterocycles. The van der Waals surface area contributed by atoms with Crippen LogP contribution in [0.15, 0.2) is 6.07 Å². The van der Waals surface area contributed by atoms with Gasteiger partial charge in [0.05, 0.1) is 11.2 Å². The largest absolute Gasteiger partial charge is 0.366 e. The molecule has 2 saturated heterocycles. The number of rotatable bonds is 2. The predicted octanol–water partition coefficient (Wildman–Crippen LogP) is 0.135.